The van der Waals surface area contributed by atoms with E-state index in [9.17, 15) is 13.2 Å². The lowest BCUT2D eigenvalue weighted by Crippen LogP contribution is -2.63. The van der Waals surface area contributed by atoms with Gasteiger partial charge in [0.15, 0.2) is 0 Å². The number of nitrogens with zero attached hydrogens (tertiary/aromatic N) is 3. The van der Waals surface area contributed by atoms with Crippen molar-refractivity contribution in [3.8, 4) is 5.75 Å². The fraction of sp³-hybridized carbons (Fsp3) is 0.650. The fourth-order valence-electron chi connectivity index (χ4n) is 3.73. The fourth-order valence-corrected chi connectivity index (χ4v) is 4.81. The van der Waals surface area contributed by atoms with Crippen molar-refractivity contribution >= 4 is 15.9 Å². The summed E-state index contributed by atoms with van der Waals surface area (Å²) in [6.07, 6.45) is 2.34. The molecule has 2 fully saturated rings. The number of hydrogen-bond donors (Lipinski definition) is 0. The maximum atomic E-state index is 12.5. The lowest BCUT2D eigenvalue weighted by molar-refractivity contribution is -0.137. The molecule has 1 aromatic carbocycles. The average Bonchev–Trinajstić information content (AvgIpc) is 2.68. The summed E-state index contributed by atoms with van der Waals surface area (Å²) in [7, 11) is -1.69. The zero-order chi connectivity index (χ0) is 20.9. The van der Waals surface area contributed by atoms with E-state index in [4.69, 9.17) is 9.47 Å². The summed E-state index contributed by atoms with van der Waals surface area (Å²) in [5.41, 5.74) is 1.08. The Morgan fingerprint density at radius 1 is 1.21 bits per heavy atom. The van der Waals surface area contributed by atoms with Crippen LogP contribution in [0.2, 0.25) is 0 Å². The van der Waals surface area contributed by atoms with E-state index < -0.39 is 10.0 Å². The Labute approximate surface area is 173 Å². The van der Waals surface area contributed by atoms with E-state index >= 15 is 0 Å². The number of rotatable bonds is 9. The second kappa shape index (κ2) is 9.88. The molecule has 0 aliphatic carbocycles. The largest absolute Gasteiger partial charge is 0.497 e. The highest BCUT2D eigenvalue weighted by molar-refractivity contribution is 7.88. The van der Waals surface area contributed by atoms with Crippen LogP contribution in [0.4, 0.5) is 0 Å². The summed E-state index contributed by atoms with van der Waals surface area (Å²) in [4.78, 5) is 16.4. The van der Waals surface area contributed by atoms with Gasteiger partial charge < -0.3 is 14.4 Å². The van der Waals surface area contributed by atoms with Gasteiger partial charge >= 0.3 is 0 Å². The molecule has 2 saturated heterocycles. The minimum absolute atomic E-state index is 0.0682. The van der Waals surface area contributed by atoms with Crippen molar-refractivity contribution in [2.75, 3.05) is 65.8 Å². The zero-order valence-corrected chi connectivity index (χ0v) is 18.1. The quantitative estimate of drug-likeness (QED) is 0.571. The molecule has 9 heteroatoms. The Morgan fingerprint density at radius 3 is 2.45 bits per heavy atom. The molecule has 29 heavy (non-hydrogen) atoms. The molecule has 162 valence electrons. The predicted octanol–water partition coefficient (Wildman–Crippen LogP) is 0.432. The van der Waals surface area contributed by atoms with Crippen molar-refractivity contribution < 1.29 is 22.7 Å². The number of ether oxygens (including phenoxy) is 2. The SMILES string of the molecule is COc1ccc(CCC(=O)N2CC(N(CCN3CCOCC3)S(C)(=O)=O)C2)cc1. The maximum absolute atomic E-state index is 12.5. The van der Waals surface area contributed by atoms with Gasteiger partial charge in [0.1, 0.15) is 5.75 Å². The van der Waals surface area contributed by atoms with Crippen molar-refractivity contribution in [3.63, 3.8) is 0 Å². The van der Waals surface area contributed by atoms with E-state index in [1.54, 1.807) is 16.3 Å². The molecule has 3 rings (SSSR count). The number of amides is 1. The van der Waals surface area contributed by atoms with Crippen LogP contribution in [0.25, 0.3) is 0 Å². The standard InChI is InChI=1S/C20H31N3O5S/c1-27-19-6-3-17(4-7-19)5-8-20(24)22-15-18(16-22)23(29(2,25)26)10-9-21-11-13-28-14-12-21/h3-4,6-7,18H,5,8-16H2,1-2H3. The monoisotopic (exact) mass is 425 g/mol. The molecule has 0 N–H and O–H groups in total. The smallest absolute Gasteiger partial charge is 0.223 e. The molecule has 2 aliphatic rings. The maximum Gasteiger partial charge on any atom is 0.223 e. The third kappa shape index (κ3) is 6.15. The summed E-state index contributed by atoms with van der Waals surface area (Å²) >= 11 is 0. The van der Waals surface area contributed by atoms with Crippen LogP contribution in [0.15, 0.2) is 24.3 Å². The van der Waals surface area contributed by atoms with E-state index in [2.05, 4.69) is 4.90 Å². The van der Waals surface area contributed by atoms with Gasteiger partial charge in [-0.2, -0.15) is 4.31 Å². The normalized spacial score (nSPS) is 18.7. The first kappa shape index (κ1) is 22.0. The van der Waals surface area contributed by atoms with Gasteiger partial charge in [-0.05, 0) is 24.1 Å². The lowest BCUT2D eigenvalue weighted by atomic mass is 10.1. The van der Waals surface area contributed by atoms with Gasteiger partial charge in [-0.1, -0.05) is 12.1 Å². The molecule has 0 unspecified atom stereocenters. The Morgan fingerprint density at radius 2 is 1.86 bits per heavy atom. The van der Waals surface area contributed by atoms with E-state index in [-0.39, 0.29) is 11.9 Å². The molecule has 0 atom stereocenters. The highest BCUT2D eigenvalue weighted by atomic mass is 32.2. The number of methoxy groups -OCH3 is 1. The first-order valence-corrected chi connectivity index (χ1v) is 11.9. The second-order valence-corrected chi connectivity index (χ2v) is 9.56. The molecule has 0 radical (unpaired) electrons. The molecule has 8 nitrogen and oxygen atoms in total. The summed E-state index contributed by atoms with van der Waals surface area (Å²) in [6.45, 7) is 5.14. The number of aryl methyl sites for hydroxylation is 1. The number of carbonyl (C=O) groups excluding carboxylic acids is 1. The Hall–Kier alpha value is -1.68. The molecule has 0 aromatic heterocycles. The van der Waals surface area contributed by atoms with E-state index in [0.29, 0.717) is 52.2 Å². The van der Waals surface area contributed by atoms with E-state index in [0.717, 1.165) is 24.4 Å². The number of hydrogen-bond acceptors (Lipinski definition) is 6. The minimum atomic E-state index is -3.31. The molecule has 1 aromatic rings. The molecule has 0 bridgehead atoms. The number of carbonyl (C=O) groups is 1. The zero-order valence-electron chi connectivity index (χ0n) is 17.2. The second-order valence-electron chi connectivity index (χ2n) is 7.63. The first-order valence-electron chi connectivity index (χ1n) is 10.0. The van der Waals surface area contributed by atoms with Crippen LogP contribution in [0.1, 0.15) is 12.0 Å². The molecule has 0 saturated carbocycles. The third-order valence-electron chi connectivity index (χ3n) is 5.58. The van der Waals surface area contributed by atoms with Crippen molar-refractivity contribution in [2.24, 2.45) is 0 Å². The number of sulfonamides is 1. The third-order valence-corrected chi connectivity index (χ3v) is 6.91. The van der Waals surface area contributed by atoms with Gasteiger partial charge in [0, 0.05) is 45.7 Å². The van der Waals surface area contributed by atoms with Crippen LogP contribution >= 0.6 is 0 Å². The van der Waals surface area contributed by atoms with Crippen LogP contribution in [-0.2, 0) is 26.0 Å². The molecular formula is C20H31N3O5S. The molecule has 1 amide bonds. The highest BCUT2D eigenvalue weighted by Gasteiger charge is 2.38. The van der Waals surface area contributed by atoms with E-state index in [1.165, 1.54) is 6.26 Å². The van der Waals surface area contributed by atoms with Crippen molar-refractivity contribution in [1.82, 2.24) is 14.1 Å². The Balaban J connectivity index is 1.45. The highest BCUT2D eigenvalue weighted by Crippen LogP contribution is 2.20. The van der Waals surface area contributed by atoms with E-state index in [1.807, 2.05) is 24.3 Å². The molecule has 2 aliphatic heterocycles. The minimum Gasteiger partial charge on any atom is -0.497 e. The summed E-state index contributed by atoms with van der Waals surface area (Å²) in [6, 6.07) is 7.57. The Kier molecular flexibility index (Phi) is 7.50. The van der Waals surface area contributed by atoms with Crippen LogP contribution in [0.3, 0.4) is 0 Å². The average molecular weight is 426 g/mol. The van der Waals surface area contributed by atoms with Crippen LogP contribution in [0.5, 0.6) is 5.75 Å². The van der Waals surface area contributed by atoms with Crippen LogP contribution in [0, 0.1) is 0 Å². The van der Waals surface area contributed by atoms with Gasteiger partial charge in [-0.15, -0.1) is 0 Å². The van der Waals surface area contributed by atoms with Gasteiger partial charge in [0.05, 0.1) is 32.6 Å². The van der Waals surface area contributed by atoms with Crippen molar-refractivity contribution in [2.45, 2.75) is 18.9 Å². The summed E-state index contributed by atoms with van der Waals surface area (Å²) in [5, 5.41) is 0. The Bertz CT molecular complexity index is 772. The van der Waals surface area contributed by atoms with Gasteiger partial charge in [0.25, 0.3) is 0 Å². The van der Waals surface area contributed by atoms with Crippen LogP contribution < -0.4 is 4.74 Å². The summed E-state index contributed by atoms with van der Waals surface area (Å²) in [5.74, 6) is 0.863. The topological polar surface area (TPSA) is 79.4 Å². The van der Waals surface area contributed by atoms with Gasteiger partial charge in [-0.3, -0.25) is 9.69 Å². The predicted molar refractivity (Wildman–Crippen MR) is 110 cm³/mol. The van der Waals surface area contributed by atoms with Crippen molar-refractivity contribution in [1.29, 1.82) is 0 Å². The van der Waals surface area contributed by atoms with Crippen molar-refractivity contribution in [3.05, 3.63) is 29.8 Å². The molecular weight excluding hydrogens is 394 g/mol. The molecule has 0 spiro atoms. The van der Waals surface area contributed by atoms with Crippen LogP contribution in [-0.4, -0.2) is 100 Å². The number of benzene rings is 1. The van der Waals surface area contributed by atoms with Gasteiger partial charge in [-0.25, -0.2) is 8.42 Å². The van der Waals surface area contributed by atoms with Gasteiger partial charge in [0.2, 0.25) is 15.9 Å². The number of likely N-dealkylation sites (tertiary alicyclic amines) is 1. The first-order chi connectivity index (χ1) is 13.9. The number of morpholine rings is 1. The summed E-state index contributed by atoms with van der Waals surface area (Å²) < 4.78 is 36.5. The molecule has 2 heterocycles. The lowest BCUT2D eigenvalue weighted by Gasteiger charge is -2.44.